The lowest BCUT2D eigenvalue weighted by molar-refractivity contribution is -0.143. The summed E-state index contributed by atoms with van der Waals surface area (Å²) in [5.41, 5.74) is 2.06. The van der Waals surface area contributed by atoms with Crippen LogP contribution in [-0.4, -0.2) is 58.3 Å². The van der Waals surface area contributed by atoms with Gasteiger partial charge in [-0.25, -0.2) is 15.0 Å². The van der Waals surface area contributed by atoms with Crippen LogP contribution in [0.1, 0.15) is 19.0 Å². The molecule has 1 aliphatic heterocycles. The molecule has 0 atom stereocenters. The van der Waals surface area contributed by atoms with Crippen molar-refractivity contribution in [2.24, 2.45) is 0 Å². The normalized spacial score (nSPS) is 13.7. The van der Waals surface area contributed by atoms with Crippen molar-refractivity contribution in [3.05, 3.63) is 65.0 Å². The molecule has 0 amide bonds. The van der Waals surface area contributed by atoms with Crippen LogP contribution in [0.4, 0.5) is 5.82 Å². The van der Waals surface area contributed by atoms with Crippen molar-refractivity contribution in [1.82, 2.24) is 24.8 Å². The van der Waals surface area contributed by atoms with Gasteiger partial charge >= 0.3 is 5.97 Å². The highest BCUT2D eigenvalue weighted by Gasteiger charge is 2.19. The van der Waals surface area contributed by atoms with Gasteiger partial charge in [0, 0.05) is 62.4 Å². The van der Waals surface area contributed by atoms with E-state index in [1.807, 2.05) is 29.2 Å². The highest BCUT2D eigenvalue weighted by molar-refractivity contribution is 5.69. The molecule has 9 heteroatoms. The van der Waals surface area contributed by atoms with Crippen molar-refractivity contribution in [3.8, 4) is 17.1 Å². The molecular formula is C23H26N6O3. The molecule has 1 fully saturated rings. The summed E-state index contributed by atoms with van der Waals surface area (Å²) in [5.74, 6) is 0.754. The zero-order chi connectivity index (χ0) is 22.3. The summed E-state index contributed by atoms with van der Waals surface area (Å²) in [6, 6.07) is 9.28. The van der Waals surface area contributed by atoms with Crippen molar-refractivity contribution in [2.75, 3.05) is 37.7 Å². The van der Waals surface area contributed by atoms with E-state index in [2.05, 4.69) is 20.3 Å². The lowest BCUT2D eigenvalue weighted by Gasteiger charge is -2.28. The number of nitrogens with one attached hydrogen (secondary N) is 1. The molecule has 2 aromatic heterocycles. The number of aryl methyl sites for hydroxylation is 1. The van der Waals surface area contributed by atoms with E-state index in [0.717, 1.165) is 18.7 Å². The first-order valence-electron chi connectivity index (χ1n) is 10.8. The summed E-state index contributed by atoms with van der Waals surface area (Å²) in [4.78, 5) is 40.3. The number of benzene rings is 1. The SMILES string of the molecule is CCOC(=O)CCc1cn(-c2ccc(-c3ncccn3)cc2)c(=O)c(N2CCNCC2)n1. The lowest BCUT2D eigenvalue weighted by atomic mass is 10.2. The molecule has 3 heterocycles. The van der Waals surface area contributed by atoms with Gasteiger partial charge in [0.2, 0.25) is 0 Å². The Bertz CT molecular complexity index is 1110. The molecule has 9 nitrogen and oxygen atoms in total. The summed E-state index contributed by atoms with van der Waals surface area (Å²) >= 11 is 0. The van der Waals surface area contributed by atoms with Gasteiger partial charge in [-0.15, -0.1) is 0 Å². The van der Waals surface area contributed by atoms with E-state index in [0.29, 0.717) is 49.1 Å². The third kappa shape index (κ3) is 5.00. The maximum atomic E-state index is 13.3. The molecule has 166 valence electrons. The Morgan fingerprint density at radius 1 is 1.12 bits per heavy atom. The molecule has 3 aromatic rings. The van der Waals surface area contributed by atoms with E-state index in [1.54, 1.807) is 36.1 Å². The fourth-order valence-electron chi connectivity index (χ4n) is 3.61. The van der Waals surface area contributed by atoms with Gasteiger partial charge in [-0.2, -0.15) is 0 Å². The van der Waals surface area contributed by atoms with Crippen LogP contribution in [0.2, 0.25) is 0 Å². The quantitative estimate of drug-likeness (QED) is 0.560. The van der Waals surface area contributed by atoms with Crippen molar-refractivity contribution in [3.63, 3.8) is 0 Å². The Balaban J connectivity index is 1.68. The van der Waals surface area contributed by atoms with Crippen LogP contribution < -0.4 is 15.8 Å². The topological polar surface area (TPSA) is 102 Å². The zero-order valence-electron chi connectivity index (χ0n) is 18.0. The van der Waals surface area contributed by atoms with Crippen molar-refractivity contribution in [1.29, 1.82) is 0 Å². The minimum absolute atomic E-state index is 0.185. The zero-order valence-corrected chi connectivity index (χ0v) is 18.0. The highest BCUT2D eigenvalue weighted by Crippen LogP contribution is 2.18. The number of rotatable bonds is 7. The molecule has 0 bridgehead atoms. The minimum Gasteiger partial charge on any atom is -0.466 e. The van der Waals surface area contributed by atoms with Crippen molar-refractivity contribution < 1.29 is 9.53 Å². The maximum Gasteiger partial charge on any atom is 0.306 e. The smallest absolute Gasteiger partial charge is 0.306 e. The molecule has 1 saturated heterocycles. The maximum absolute atomic E-state index is 13.3. The summed E-state index contributed by atoms with van der Waals surface area (Å²) in [7, 11) is 0. The second-order valence-corrected chi connectivity index (χ2v) is 7.39. The number of carbonyl (C=O) groups is 1. The van der Waals surface area contributed by atoms with Crippen LogP contribution in [0.5, 0.6) is 0 Å². The molecule has 0 aliphatic carbocycles. The second kappa shape index (κ2) is 10.1. The first-order chi connectivity index (χ1) is 15.7. The van der Waals surface area contributed by atoms with E-state index in [9.17, 15) is 9.59 Å². The van der Waals surface area contributed by atoms with Crippen LogP contribution in [0, 0.1) is 0 Å². The lowest BCUT2D eigenvalue weighted by Crippen LogP contribution is -2.46. The Labute approximate surface area is 186 Å². The van der Waals surface area contributed by atoms with Gasteiger partial charge in [0.15, 0.2) is 11.6 Å². The number of ether oxygens (including phenoxy) is 1. The van der Waals surface area contributed by atoms with Crippen molar-refractivity contribution in [2.45, 2.75) is 19.8 Å². The van der Waals surface area contributed by atoms with E-state index in [-0.39, 0.29) is 17.9 Å². The molecular weight excluding hydrogens is 408 g/mol. The van der Waals surface area contributed by atoms with Gasteiger partial charge in [-0.05, 0) is 37.3 Å². The molecule has 1 N–H and O–H groups in total. The molecule has 0 spiro atoms. The fourth-order valence-corrected chi connectivity index (χ4v) is 3.61. The van der Waals surface area contributed by atoms with Crippen LogP contribution in [0.15, 0.2) is 53.7 Å². The van der Waals surface area contributed by atoms with Gasteiger partial charge in [0.25, 0.3) is 5.56 Å². The third-order valence-corrected chi connectivity index (χ3v) is 5.21. The van der Waals surface area contributed by atoms with Crippen molar-refractivity contribution >= 4 is 11.8 Å². The van der Waals surface area contributed by atoms with Crippen LogP contribution in [-0.2, 0) is 16.0 Å². The largest absolute Gasteiger partial charge is 0.466 e. The number of nitrogens with zero attached hydrogens (tertiary/aromatic N) is 5. The number of hydrogen-bond donors (Lipinski definition) is 1. The molecule has 0 unspecified atom stereocenters. The van der Waals surface area contributed by atoms with E-state index >= 15 is 0 Å². The summed E-state index contributed by atoms with van der Waals surface area (Å²) < 4.78 is 6.64. The van der Waals surface area contributed by atoms with E-state index in [1.165, 1.54) is 0 Å². The first kappa shape index (κ1) is 21.6. The van der Waals surface area contributed by atoms with Gasteiger partial charge in [0.1, 0.15) is 0 Å². The monoisotopic (exact) mass is 434 g/mol. The van der Waals surface area contributed by atoms with Gasteiger partial charge in [0.05, 0.1) is 18.7 Å². The summed E-state index contributed by atoms with van der Waals surface area (Å²) in [6.07, 6.45) is 5.71. The number of carbonyl (C=O) groups excluding carboxylic acids is 1. The minimum atomic E-state index is -0.275. The molecule has 0 saturated carbocycles. The third-order valence-electron chi connectivity index (χ3n) is 5.21. The molecule has 32 heavy (non-hydrogen) atoms. The predicted molar refractivity (Wildman–Crippen MR) is 121 cm³/mol. The number of piperazine rings is 1. The molecule has 1 aromatic carbocycles. The Morgan fingerprint density at radius 3 is 2.53 bits per heavy atom. The first-order valence-corrected chi connectivity index (χ1v) is 10.8. The molecule has 4 rings (SSSR count). The van der Waals surface area contributed by atoms with Gasteiger partial charge in [-0.1, -0.05) is 0 Å². The Morgan fingerprint density at radius 2 is 1.84 bits per heavy atom. The van der Waals surface area contributed by atoms with E-state index in [4.69, 9.17) is 4.74 Å². The number of hydrogen-bond acceptors (Lipinski definition) is 8. The number of esters is 1. The average molecular weight is 435 g/mol. The van der Waals surface area contributed by atoms with Gasteiger partial charge in [-0.3, -0.25) is 14.2 Å². The van der Waals surface area contributed by atoms with Crippen LogP contribution in [0.3, 0.4) is 0 Å². The Kier molecular flexibility index (Phi) is 6.86. The van der Waals surface area contributed by atoms with Crippen LogP contribution in [0.25, 0.3) is 17.1 Å². The van der Waals surface area contributed by atoms with E-state index < -0.39 is 0 Å². The summed E-state index contributed by atoms with van der Waals surface area (Å²) in [6.45, 7) is 5.11. The average Bonchev–Trinajstić information content (AvgIpc) is 2.85. The second-order valence-electron chi connectivity index (χ2n) is 7.39. The summed E-state index contributed by atoms with van der Waals surface area (Å²) in [5, 5.41) is 3.29. The van der Waals surface area contributed by atoms with Crippen LogP contribution >= 0.6 is 0 Å². The fraction of sp³-hybridized carbons (Fsp3) is 0.348. The molecule has 1 aliphatic rings. The predicted octanol–water partition coefficient (Wildman–Crippen LogP) is 1.59. The van der Waals surface area contributed by atoms with Gasteiger partial charge < -0.3 is 15.0 Å². The standard InChI is InChI=1S/C23H26N6O3/c1-2-32-20(30)9-6-18-16-29(23(31)22(27-18)28-14-12-24-13-15-28)19-7-4-17(5-8-19)21-25-10-3-11-26-21/h3-5,7-8,10-11,16,24H,2,6,9,12-15H2,1H3. The highest BCUT2D eigenvalue weighted by atomic mass is 16.5. The molecule has 0 radical (unpaired) electrons. The Hall–Kier alpha value is -3.59. The number of anilines is 1. The number of aromatic nitrogens is 4.